The number of azide groups is 1. The molecule has 2 N–H and O–H groups in total. The standard InChI is InChI=1S/C10H14N4O3/c1-6-3-9(17-2)12-4-7(6)10(16)8(15)5-13-14-11/h3-4,8,10,15-16H,5H2,1-2H3. The van der Waals surface area contributed by atoms with E-state index in [1.807, 2.05) is 0 Å². The van der Waals surface area contributed by atoms with E-state index in [-0.39, 0.29) is 6.54 Å². The van der Waals surface area contributed by atoms with Gasteiger partial charge in [0.15, 0.2) is 0 Å². The van der Waals surface area contributed by atoms with Gasteiger partial charge in [-0.05, 0) is 18.0 Å². The molecule has 0 aromatic carbocycles. The third-order valence-electron chi connectivity index (χ3n) is 2.35. The van der Waals surface area contributed by atoms with Gasteiger partial charge in [0.05, 0.1) is 19.8 Å². The molecular formula is C10H14N4O3. The largest absolute Gasteiger partial charge is 0.481 e. The molecule has 7 heteroatoms. The molecule has 17 heavy (non-hydrogen) atoms. The van der Waals surface area contributed by atoms with Crippen LogP contribution in [0.25, 0.3) is 10.4 Å². The summed E-state index contributed by atoms with van der Waals surface area (Å²) in [5.74, 6) is 0.433. The van der Waals surface area contributed by atoms with E-state index in [1.165, 1.54) is 13.3 Å². The fraction of sp³-hybridized carbons (Fsp3) is 0.500. The summed E-state index contributed by atoms with van der Waals surface area (Å²) in [6.45, 7) is 1.58. The zero-order valence-electron chi connectivity index (χ0n) is 9.61. The summed E-state index contributed by atoms with van der Waals surface area (Å²) in [4.78, 5) is 6.46. The van der Waals surface area contributed by atoms with Crippen molar-refractivity contribution in [2.45, 2.75) is 19.1 Å². The van der Waals surface area contributed by atoms with Gasteiger partial charge >= 0.3 is 0 Å². The van der Waals surface area contributed by atoms with Crippen LogP contribution in [0.3, 0.4) is 0 Å². The fourth-order valence-corrected chi connectivity index (χ4v) is 1.39. The van der Waals surface area contributed by atoms with Crippen molar-refractivity contribution in [3.8, 4) is 5.88 Å². The third kappa shape index (κ3) is 3.32. The lowest BCUT2D eigenvalue weighted by atomic mass is 10.0. The maximum absolute atomic E-state index is 9.85. The van der Waals surface area contributed by atoms with E-state index in [4.69, 9.17) is 10.3 Å². The first-order valence-electron chi connectivity index (χ1n) is 4.97. The van der Waals surface area contributed by atoms with Gasteiger partial charge in [-0.15, -0.1) is 0 Å². The number of rotatable bonds is 5. The van der Waals surface area contributed by atoms with E-state index in [0.717, 1.165) is 5.56 Å². The van der Waals surface area contributed by atoms with E-state index < -0.39 is 12.2 Å². The summed E-state index contributed by atoms with van der Waals surface area (Å²) < 4.78 is 4.93. The van der Waals surface area contributed by atoms with Crippen LogP contribution >= 0.6 is 0 Å². The molecule has 1 heterocycles. The minimum absolute atomic E-state index is 0.191. The molecule has 7 nitrogen and oxygen atoms in total. The van der Waals surface area contributed by atoms with E-state index in [2.05, 4.69) is 15.0 Å². The molecule has 2 unspecified atom stereocenters. The zero-order valence-corrected chi connectivity index (χ0v) is 9.61. The summed E-state index contributed by atoms with van der Waals surface area (Å²) in [7, 11) is 1.49. The number of nitrogens with zero attached hydrogens (tertiary/aromatic N) is 4. The maximum atomic E-state index is 9.85. The van der Waals surface area contributed by atoms with Gasteiger partial charge in [-0.25, -0.2) is 4.98 Å². The van der Waals surface area contributed by atoms with Crippen LogP contribution in [0.15, 0.2) is 17.4 Å². The van der Waals surface area contributed by atoms with Crippen molar-refractivity contribution >= 4 is 0 Å². The molecule has 0 spiro atoms. The van der Waals surface area contributed by atoms with Gasteiger partial charge < -0.3 is 14.9 Å². The van der Waals surface area contributed by atoms with Gasteiger partial charge in [-0.2, -0.15) is 0 Å². The van der Waals surface area contributed by atoms with Crippen LogP contribution in [0.5, 0.6) is 5.88 Å². The lowest BCUT2D eigenvalue weighted by molar-refractivity contribution is 0.0238. The van der Waals surface area contributed by atoms with Crippen LogP contribution in [0.1, 0.15) is 17.2 Å². The zero-order chi connectivity index (χ0) is 12.8. The molecule has 2 atom stereocenters. The van der Waals surface area contributed by atoms with Crippen LogP contribution in [0.2, 0.25) is 0 Å². The van der Waals surface area contributed by atoms with Crippen LogP contribution in [-0.2, 0) is 0 Å². The number of aliphatic hydroxyl groups excluding tert-OH is 2. The van der Waals surface area contributed by atoms with Gasteiger partial charge in [0.25, 0.3) is 0 Å². The van der Waals surface area contributed by atoms with Crippen LogP contribution in [0, 0.1) is 6.92 Å². The van der Waals surface area contributed by atoms with Crippen molar-refractivity contribution < 1.29 is 14.9 Å². The minimum Gasteiger partial charge on any atom is -0.481 e. The predicted octanol–water partition coefficient (Wildman–Crippen LogP) is 1.10. The number of aliphatic hydroxyl groups is 2. The first-order valence-corrected chi connectivity index (χ1v) is 4.97. The highest BCUT2D eigenvalue weighted by molar-refractivity contribution is 5.30. The maximum Gasteiger partial charge on any atom is 0.213 e. The lowest BCUT2D eigenvalue weighted by Gasteiger charge is -2.18. The van der Waals surface area contributed by atoms with Crippen molar-refractivity contribution in [2.75, 3.05) is 13.7 Å². The molecule has 0 aliphatic heterocycles. The molecule has 0 fully saturated rings. The molecule has 0 aliphatic rings. The average Bonchev–Trinajstić information content (AvgIpc) is 2.34. The van der Waals surface area contributed by atoms with Crippen LogP contribution < -0.4 is 4.74 Å². The molecular weight excluding hydrogens is 224 g/mol. The highest BCUT2D eigenvalue weighted by atomic mass is 16.5. The highest BCUT2D eigenvalue weighted by Crippen LogP contribution is 2.22. The Kier molecular flexibility index (Phi) is 4.71. The second kappa shape index (κ2) is 6.05. The lowest BCUT2D eigenvalue weighted by Crippen LogP contribution is -2.22. The second-order valence-corrected chi connectivity index (χ2v) is 3.51. The van der Waals surface area contributed by atoms with E-state index in [0.29, 0.717) is 11.4 Å². The third-order valence-corrected chi connectivity index (χ3v) is 2.35. The Labute approximate surface area is 98.3 Å². The summed E-state index contributed by atoms with van der Waals surface area (Å²) in [6, 6.07) is 1.65. The van der Waals surface area contributed by atoms with Gasteiger partial charge in [0.1, 0.15) is 6.10 Å². The molecule has 1 aromatic rings. The fourth-order valence-electron chi connectivity index (χ4n) is 1.39. The SMILES string of the molecule is COc1cc(C)c(C(O)C(O)CN=[N+]=[N-])cn1. The Morgan fingerprint density at radius 2 is 2.29 bits per heavy atom. The molecule has 0 aliphatic carbocycles. The molecule has 0 radical (unpaired) electrons. The summed E-state index contributed by atoms with van der Waals surface area (Å²) in [5, 5.41) is 22.6. The Hall–Kier alpha value is -1.82. The first kappa shape index (κ1) is 13.2. The second-order valence-electron chi connectivity index (χ2n) is 3.51. The van der Waals surface area contributed by atoms with Crippen molar-refractivity contribution in [3.63, 3.8) is 0 Å². The Bertz CT molecular complexity index is 432. The highest BCUT2D eigenvalue weighted by Gasteiger charge is 2.20. The number of aryl methyl sites for hydroxylation is 1. The monoisotopic (exact) mass is 238 g/mol. The molecule has 1 aromatic heterocycles. The number of hydrogen-bond acceptors (Lipinski definition) is 5. The predicted molar refractivity (Wildman–Crippen MR) is 60.5 cm³/mol. The quantitative estimate of drug-likeness (QED) is 0.454. The molecule has 0 amide bonds. The Morgan fingerprint density at radius 1 is 1.59 bits per heavy atom. The van der Waals surface area contributed by atoms with Gasteiger partial charge in [-0.1, -0.05) is 5.11 Å². The number of pyridine rings is 1. The number of aromatic nitrogens is 1. The molecule has 0 bridgehead atoms. The first-order chi connectivity index (χ1) is 8.10. The normalized spacial score (nSPS) is 13.6. The van der Waals surface area contributed by atoms with Gasteiger partial charge in [0.2, 0.25) is 5.88 Å². The molecule has 0 saturated heterocycles. The summed E-state index contributed by atoms with van der Waals surface area (Å²) in [5.41, 5.74) is 9.35. The minimum atomic E-state index is -1.15. The van der Waals surface area contributed by atoms with Gasteiger partial charge in [-0.3, -0.25) is 0 Å². The molecule has 1 rings (SSSR count). The molecule has 92 valence electrons. The van der Waals surface area contributed by atoms with E-state index >= 15 is 0 Å². The summed E-state index contributed by atoms with van der Waals surface area (Å²) >= 11 is 0. The molecule has 0 saturated carbocycles. The number of ether oxygens (including phenoxy) is 1. The van der Waals surface area contributed by atoms with Crippen molar-refractivity contribution in [2.24, 2.45) is 5.11 Å². The van der Waals surface area contributed by atoms with Crippen molar-refractivity contribution in [1.29, 1.82) is 0 Å². The van der Waals surface area contributed by atoms with E-state index in [9.17, 15) is 10.2 Å². The van der Waals surface area contributed by atoms with E-state index in [1.54, 1.807) is 13.0 Å². The smallest absolute Gasteiger partial charge is 0.213 e. The summed E-state index contributed by atoms with van der Waals surface area (Å²) in [6.07, 6.45) is -0.864. The Balaban J connectivity index is 2.88. The van der Waals surface area contributed by atoms with Crippen molar-refractivity contribution in [3.05, 3.63) is 33.8 Å². The number of hydrogen-bond donors (Lipinski definition) is 2. The van der Waals surface area contributed by atoms with Crippen LogP contribution in [-0.4, -0.2) is 35.0 Å². The topological polar surface area (TPSA) is 111 Å². The Morgan fingerprint density at radius 3 is 2.82 bits per heavy atom. The number of methoxy groups -OCH3 is 1. The van der Waals surface area contributed by atoms with Crippen LogP contribution in [0.4, 0.5) is 0 Å². The van der Waals surface area contributed by atoms with Crippen molar-refractivity contribution in [1.82, 2.24) is 4.98 Å². The average molecular weight is 238 g/mol. The van der Waals surface area contributed by atoms with Gasteiger partial charge in [0, 0.05) is 22.7 Å².